The van der Waals surface area contributed by atoms with E-state index in [1.807, 2.05) is 0 Å². The van der Waals surface area contributed by atoms with Crippen LogP contribution in [0.5, 0.6) is 0 Å². The molecular formula is C18H16. The monoisotopic (exact) mass is 232 g/mol. The first-order valence-corrected chi connectivity index (χ1v) is 6.80. The maximum atomic E-state index is 2.42. The van der Waals surface area contributed by atoms with Crippen molar-refractivity contribution in [2.24, 2.45) is 5.92 Å². The number of hydrogen-bond donors (Lipinski definition) is 0. The Morgan fingerprint density at radius 2 is 1.39 bits per heavy atom. The van der Waals surface area contributed by atoms with Crippen LogP contribution in [0.15, 0.2) is 60.7 Å². The lowest BCUT2D eigenvalue weighted by molar-refractivity contribution is 0.566. The van der Waals surface area contributed by atoms with E-state index in [2.05, 4.69) is 60.7 Å². The fraction of sp³-hybridized carbons (Fsp3) is 0.222. The minimum absolute atomic E-state index is 0.580. The van der Waals surface area contributed by atoms with Crippen LogP contribution in [0.4, 0.5) is 0 Å². The number of allylic oxidation sites excluding steroid dienone is 2. The highest BCUT2D eigenvalue weighted by molar-refractivity contribution is 5.79. The highest BCUT2D eigenvalue weighted by Crippen LogP contribution is 2.50. The van der Waals surface area contributed by atoms with Crippen molar-refractivity contribution < 1.29 is 0 Å². The molecule has 88 valence electrons. The van der Waals surface area contributed by atoms with Crippen molar-refractivity contribution in [3.8, 4) is 11.1 Å². The number of hydrogen-bond acceptors (Lipinski definition) is 0. The van der Waals surface area contributed by atoms with E-state index in [-0.39, 0.29) is 0 Å². The van der Waals surface area contributed by atoms with Gasteiger partial charge in [0.25, 0.3) is 0 Å². The fourth-order valence-electron chi connectivity index (χ4n) is 3.59. The third-order valence-corrected chi connectivity index (χ3v) is 4.36. The predicted molar refractivity (Wildman–Crippen MR) is 75.6 cm³/mol. The topological polar surface area (TPSA) is 0 Å². The summed E-state index contributed by atoms with van der Waals surface area (Å²) >= 11 is 0. The van der Waals surface area contributed by atoms with Crippen LogP contribution >= 0.6 is 0 Å². The Morgan fingerprint density at radius 1 is 0.778 bits per heavy atom. The molecule has 0 fully saturated rings. The second kappa shape index (κ2) is 3.84. The average Bonchev–Trinajstić information content (AvgIpc) is 3.03. The number of rotatable bonds is 1. The second-order valence-electron chi connectivity index (χ2n) is 5.32. The van der Waals surface area contributed by atoms with Crippen LogP contribution in [0.2, 0.25) is 0 Å². The first kappa shape index (κ1) is 10.1. The van der Waals surface area contributed by atoms with Gasteiger partial charge in [-0.15, -0.1) is 0 Å². The van der Waals surface area contributed by atoms with Crippen LogP contribution in [0.25, 0.3) is 11.1 Å². The van der Waals surface area contributed by atoms with Crippen LogP contribution in [-0.4, -0.2) is 0 Å². The lowest BCUT2D eigenvalue weighted by Crippen LogP contribution is -2.07. The van der Waals surface area contributed by atoms with Crippen LogP contribution in [-0.2, 0) is 0 Å². The van der Waals surface area contributed by atoms with E-state index >= 15 is 0 Å². The van der Waals surface area contributed by atoms with Crippen LogP contribution in [0.3, 0.4) is 0 Å². The molecule has 0 spiro atoms. The van der Waals surface area contributed by atoms with E-state index in [1.54, 1.807) is 0 Å². The molecule has 2 aromatic carbocycles. The minimum Gasteiger partial charge on any atom is -0.0882 e. The molecule has 0 radical (unpaired) electrons. The molecule has 4 rings (SSSR count). The normalized spacial score (nSPS) is 21.0. The predicted octanol–water partition coefficient (Wildman–Crippen LogP) is 4.77. The minimum atomic E-state index is 0.580. The summed E-state index contributed by atoms with van der Waals surface area (Å²) in [5.41, 5.74) is 5.93. The van der Waals surface area contributed by atoms with Gasteiger partial charge in [0.15, 0.2) is 0 Å². The molecule has 0 aliphatic heterocycles. The average molecular weight is 232 g/mol. The first-order chi connectivity index (χ1) is 8.95. The number of benzene rings is 2. The van der Waals surface area contributed by atoms with Gasteiger partial charge in [-0.3, -0.25) is 0 Å². The Kier molecular flexibility index (Phi) is 2.16. The molecule has 0 aromatic heterocycles. The first-order valence-electron chi connectivity index (χ1n) is 6.80. The van der Waals surface area contributed by atoms with Crippen LogP contribution in [0.1, 0.15) is 29.9 Å². The molecule has 0 heteroatoms. The maximum Gasteiger partial charge on any atom is 0.0164 e. The summed E-state index contributed by atoms with van der Waals surface area (Å²) in [6.07, 6.45) is 7.30. The SMILES string of the molecule is C1=CC(C2c3ccccc3-c3ccccc32)CC1. The van der Waals surface area contributed by atoms with E-state index in [9.17, 15) is 0 Å². The lowest BCUT2D eigenvalue weighted by Gasteiger charge is -2.19. The van der Waals surface area contributed by atoms with Crippen molar-refractivity contribution in [2.45, 2.75) is 18.8 Å². The van der Waals surface area contributed by atoms with Crippen molar-refractivity contribution in [3.05, 3.63) is 71.8 Å². The molecular weight excluding hydrogens is 216 g/mol. The van der Waals surface area contributed by atoms with Crippen LogP contribution < -0.4 is 0 Å². The van der Waals surface area contributed by atoms with Gasteiger partial charge >= 0.3 is 0 Å². The molecule has 0 saturated heterocycles. The van der Waals surface area contributed by atoms with Gasteiger partial charge in [-0.05, 0) is 41.0 Å². The zero-order valence-electron chi connectivity index (χ0n) is 10.3. The molecule has 18 heavy (non-hydrogen) atoms. The molecule has 0 saturated carbocycles. The van der Waals surface area contributed by atoms with Gasteiger partial charge in [-0.2, -0.15) is 0 Å². The zero-order chi connectivity index (χ0) is 11.9. The molecule has 1 atom stereocenters. The van der Waals surface area contributed by atoms with Crippen molar-refractivity contribution in [3.63, 3.8) is 0 Å². The molecule has 2 aliphatic carbocycles. The van der Waals surface area contributed by atoms with Gasteiger partial charge in [-0.1, -0.05) is 60.7 Å². The molecule has 2 aromatic rings. The smallest absolute Gasteiger partial charge is 0.0164 e. The summed E-state index contributed by atoms with van der Waals surface area (Å²) in [6.45, 7) is 0. The molecule has 1 unspecified atom stereocenters. The second-order valence-corrected chi connectivity index (χ2v) is 5.32. The van der Waals surface area contributed by atoms with Crippen molar-refractivity contribution in [1.29, 1.82) is 0 Å². The quantitative estimate of drug-likeness (QED) is 0.621. The Bertz CT molecular complexity index is 576. The Morgan fingerprint density at radius 3 is 1.94 bits per heavy atom. The Hall–Kier alpha value is -1.82. The lowest BCUT2D eigenvalue weighted by atomic mass is 9.84. The Balaban J connectivity index is 1.95. The molecule has 0 nitrogen and oxygen atoms in total. The van der Waals surface area contributed by atoms with Crippen molar-refractivity contribution in [1.82, 2.24) is 0 Å². The highest BCUT2D eigenvalue weighted by atomic mass is 14.4. The standard InChI is InChI=1S/C18H16/c1-2-8-13(7-1)18-16-11-5-3-9-14(16)15-10-4-6-12-17(15)18/h1,3-7,9-13,18H,2,8H2. The van der Waals surface area contributed by atoms with E-state index in [4.69, 9.17) is 0 Å². The van der Waals surface area contributed by atoms with E-state index < -0.39 is 0 Å². The van der Waals surface area contributed by atoms with Gasteiger partial charge in [-0.25, -0.2) is 0 Å². The molecule has 0 amide bonds. The summed E-state index contributed by atoms with van der Waals surface area (Å²) in [7, 11) is 0. The molecule has 0 heterocycles. The third-order valence-electron chi connectivity index (χ3n) is 4.36. The summed E-state index contributed by atoms with van der Waals surface area (Å²) < 4.78 is 0. The van der Waals surface area contributed by atoms with Gasteiger partial charge in [0.1, 0.15) is 0 Å². The van der Waals surface area contributed by atoms with E-state index in [0.29, 0.717) is 11.8 Å². The summed E-state index contributed by atoms with van der Waals surface area (Å²) in [5.74, 6) is 1.27. The molecule has 0 N–H and O–H groups in total. The van der Waals surface area contributed by atoms with Gasteiger partial charge in [0.2, 0.25) is 0 Å². The van der Waals surface area contributed by atoms with Crippen molar-refractivity contribution in [2.75, 3.05) is 0 Å². The molecule has 2 aliphatic rings. The number of fused-ring (bicyclic) bond motifs is 3. The van der Waals surface area contributed by atoms with Gasteiger partial charge in [0.05, 0.1) is 0 Å². The summed E-state index contributed by atoms with van der Waals surface area (Å²) in [5, 5.41) is 0. The third kappa shape index (κ3) is 1.32. The van der Waals surface area contributed by atoms with Crippen molar-refractivity contribution >= 4 is 0 Å². The van der Waals surface area contributed by atoms with Gasteiger partial charge in [0, 0.05) is 5.92 Å². The largest absolute Gasteiger partial charge is 0.0882 e. The van der Waals surface area contributed by atoms with E-state index in [0.717, 1.165) is 0 Å². The maximum absolute atomic E-state index is 2.42. The zero-order valence-corrected chi connectivity index (χ0v) is 10.3. The summed E-state index contributed by atoms with van der Waals surface area (Å²) in [4.78, 5) is 0. The fourth-order valence-corrected chi connectivity index (χ4v) is 3.59. The van der Waals surface area contributed by atoms with Crippen LogP contribution in [0, 0.1) is 5.92 Å². The summed E-state index contributed by atoms with van der Waals surface area (Å²) in [6, 6.07) is 17.8. The Labute approximate surface area is 108 Å². The van der Waals surface area contributed by atoms with E-state index in [1.165, 1.54) is 35.1 Å². The molecule has 0 bridgehead atoms. The van der Waals surface area contributed by atoms with Gasteiger partial charge < -0.3 is 0 Å². The highest BCUT2D eigenvalue weighted by Gasteiger charge is 2.33.